The van der Waals surface area contributed by atoms with Gasteiger partial charge >= 0.3 is 25.7 Å². The minimum Gasteiger partial charge on any atom is -0.462 e. The lowest BCUT2D eigenvalue weighted by Gasteiger charge is -2.21. The summed E-state index contributed by atoms with van der Waals surface area (Å²) in [6, 6.07) is 0. The Balaban J connectivity index is 4.91. The highest BCUT2D eigenvalue weighted by molar-refractivity contribution is 7.47. The lowest BCUT2D eigenvalue weighted by molar-refractivity contribution is -0.160. The zero-order valence-corrected chi connectivity index (χ0v) is 46.9. The van der Waals surface area contributed by atoms with Crippen LogP contribution in [0.3, 0.4) is 0 Å². The van der Waals surface area contributed by atoms with E-state index in [1.165, 1.54) is 25.7 Å². The first-order valence-corrected chi connectivity index (χ1v) is 29.6. The van der Waals surface area contributed by atoms with Gasteiger partial charge in [-0.3, -0.25) is 23.4 Å². The molecule has 3 atom stereocenters. The minimum atomic E-state index is -4.79. The molecule has 0 saturated carbocycles. The highest BCUT2D eigenvalue weighted by atomic mass is 31.2. The molecule has 0 spiro atoms. The Kier molecular flexibility index (Phi) is 51.6. The summed E-state index contributed by atoms with van der Waals surface area (Å²) in [5, 5.41) is 9.80. The predicted octanol–water partition coefficient (Wildman–Crippen LogP) is 16.6. The van der Waals surface area contributed by atoms with Gasteiger partial charge in [0.25, 0.3) is 0 Å². The van der Waals surface area contributed by atoms with Crippen LogP contribution in [-0.4, -0.2) is 66.5 Å². The Bertz CT molecular complexity index is 1750. The second-order valence-electron chi connectivity index (χ2n) is 18.0. The lowest BCUT2D eigenvalue weighted by atomic mass is 10.1. The van der Waals surface area contributed by atoms with Crippen molar-refractivity contribution in [3.05, 3.63) is 134 Å². The van der Waals surface area contributed by atoms with Crippen LogP contribution in [-0.2, 0) is 42.2 Å². The van der Waals surface area contributed by atoms with Gasteiger partial charge in [0.1, 0.15) is 12.7 Å². The molecule has 0 aliphatic carbocycles. The summed E-state index contributed by atoms with van der Waals surface area (Å²) in [6.07, 6.45) is 68.7. The maximum absolute atomic E-state index is 12.9. The van der Waals surface area contributed by atoms with E-state index < -0.39 is 64.4 Å². The van der Waals surface area contributed by atoms with Crippen LogP contribution < -0.4 is 0 Å². The quantitative estimate of drug-likeness (QED) is 0.0197. The number of ether oxygens (including phenoxy) is 3. The monoisotopic (exact) mass is 1050 g/mol. The summed E-state index contributed by atoms with van der Waals surface area (Å²) in [4.78, 5) is 48.4. The number of aliphatic hydroxyl groups is 1. The molecule has 0 rings (SSSR count). The van der Waals surface area contributed by atoms with Gasteiger partial charge < -0.3 is 24.2 Å². The third-order valence-corrected chi connectivity index (χ3v) is 12.0. The van der Waals surface area contributed by atoms with Gasteiger partial charge in [-0.1, -0.05) is 199 Å². The minimum absolute atomic E-state index is 0.0798. The van der Waals surface area contributed by atoms with Crippen molar-refractivity contribution in [3.8, 4) is 0 Å². The van der Waals surface area contributed by atoms with Gasteiger partial charge in [-0.25, -0.2) is 4.57 Å². The Labute approximate surface area is 449 Å². The van der Waals surface area contributed by atoms with E-state index in [0.29, 0.717) is 19.3 Å². The zero-order chi connectivity index (χ0) is 54.1. The lowest BCUT2D eigenvalue weighted by Crippen LogP contribution is -2.30. The van der Waals surface area contributed by atoms with Crippen molar-refractivity contribution in [1.29, 1.82) is 0 Å². The van der Waals surface area contributed by atoms with Gasteiger partial charge in [0.15, 0.2) is 6.10 Å². The van der Waals surface area contributed by atoms with Gasteiger partial charge in [-0.15, -0.1) is 0 Å². The van der Waals surface area contributed by atoms with Crippen LogP contribution in [0, 0.1) is 0 Å². The fraction of sp³-hybridized carbons (Fsp3) is 0.597. The molecule has 0 bridgehead atoms. The molecule has 0 aliphatic heterocycles. The van der Waals surface area contributed by atoms with E-state index in [9.17, 15) is 28.9 Å². The summed E-state index contributed by atoms with van der Waals surface area (Å²) in [5.74, 6) is -1.68. The molecule has 0 aliphatic rings. The summed E-state index contributed by atoms with van der Waals surface area (Å²) in [5.41, 5.74) is 0. The van der Waals surface area contributed by atoms with Crippen LogP contribution in [0.1, 0.15) is 201 Å². The first-order valence-electron chi connectivity index (χ1n) is 28.1. The number of allylic oxidation sites excluding steroid dienone is 21. The van der Waals surface area contributed by atoms with E-state index in [0.717, 1.165) is 116 Å². The van der Waals surface area contributed by atoms with Gasteiger partial charge in [0, 0.05) is 12.8 Å². The normalized spacial score (nSPS) is 14.4. The second kappa shape index (κ2) is 54.9. The molecule has 3 unspecified atom stereocenters. The smallest absolute Gasteiger partial charge is 0.462 e. The number of unbranched alkanes of at least 4 members (excludes halogenated alkanes) is 12. The highest BCUT2D eigenvalue weighted by Crippen LogP contribution is 2.43. The van der Waals surface area contributed by atoms with Crippen LogP contribution in [0.5, 0.6) is 0 Å². The summed E-state index contributed by atoms with van der Waals surface area (Å²) in [6.45, 7) is 4.21. The van der Waals surface area contributed by atoms with Crippen molar-refractivity contribution in [1.82, 2.24) is 0 Å². The van der Waals surface area contributed by atoms with Gasteiger partial charge in [-0.05, 0) is 116 Å². The van der Waals surface area contributed by atoms with Crippen molar-refractivity contribution in [2.75, 3.05) is 26.4 Å². The second-order valence-corrected chi connectivity index (χ2v) is 19.4. The van der Waals surface area contributed by atoms with Crippen LogP contribution in [0.15, 0.2) is 134 Å². The topological polar surface area (TPSA) is 155 Å². The van der Waals surface area contributed by atoms with Crippen LogP contribution >= 0.6 is 7.82 Å². The third-order valence-electron chi connectivity index (χ3n) is 11.1. The highest BCUT2D eigenvalue weighted by Gasteiger charge is 2.28. The van der Waals surface area contributed by atoms with Gasteiger partial charge in [0.05, 0.1) is 26.2 Å². The van der Waals surface area contributed by atoms with Crippen molar-refractivity contribution in [3.63, 3.8) is 0 Å². The maximum atomic E-state index is 12.9. The van der Waals surface area contributed by atoms with E-state index >= 15 is 0 Å². The van der Waals surface area contributed by atoms with Crippen molar-refractivity contribution in [2.24, 2.45) is 0 Å². The third kappa shape index (κ3) is 52.5. The summed E-state index contributed by atoms with van der Waals surface area (Å²) < 4.78 is 39.3. The number of phosphoric ester groups is 1. The van der Waals surface area contributed by atoms with Gasteiger partial charge in [-0.2, -0.15) is 0 Å². The average molecular weight is 1050 g/mol. The first kappa shape index (κ1) is 69.6. The Morgan fingerprint density at radius 3 is 1.22 bits per heavy atom. The number of phosphoric acid groups is 1. The molecule has 74 heavy (non-hydrogen) atoms. The fourth-order valence-electron chi connectivity index (χ4n) is 6.86. The number of hydrogen-bond acceptors (Lipinski definition) is 10. The van der Waals surface area contributed by atoms with Gasteiger partial charge in [0.2, 0.25) is 0 Å². The molecule has 418 valence electrons. The van der Waals surface area contributed by atoms with Crippen molar-refractivity contribution in [2.45, 2.75) is 213 Å². The fourth-order valence-corrected chi connectivity index (χ4v) is 7.65. The molecule has 0 saturated heterocycles. The molecule has 0 radical (unpaired) electrons. The number of hydrogen-bond donors (Lipinski definition) is 2. The molecule has 12 heteroatoms. The molecular formula is C62H99O11P. The average Bonchev–Trinajstić information content (AvgIpc) is 3.39. The number of rotatable bonds is 50. The maximum Gasteiger partial charge on any atom is 0.472 e. The van der Waals surface area contributed by atoms with Crippen molar-refractivity contribution < 1.29 is 52.2 Å². The van der Waals surface area contributed by atoms with Crippen LogP contribution in [0.25, 0.3) is 0 Å². The summed E-state index contributed by atoms with van der Waals surface area (Å²) >= 11 is 0. The number of carbonyl (C=O) groups is 3. The molecule has 0 amide bonds. The van der Waals surface area contributed by atoms with E-state index in [1.807, 2.05) is 18.2 Å². The molecule has 11 nitrogen and oxygen atoms in total. The molecule has 0 heterocycles. The van der Waals surface area contributed by atoms with E-state index in [2.05, 4.69) is 130 Å². The molecule has 2 N–H and O–H groups in total. The molecule has 0 fully saturated rings. The SMILES string of the molecule is CC/C=C\C/C=C\C/C=C\C/C=C\C/C=C\CCCCCC(=O)OCC(COP(=O)(O)OCC(CO)OC(=O)CCCCCCC/C=C\CCCCCC)OC(=O)C/C=C\C/C=C\C/C=C\C/C=C\C/C=C\CC. The Hall–Kier alpha value is -4.38. The molecule has 0 aromatic carbocycles. The molecule has 0 aromatic heterocycles. The zero-order valence-electron chi connectivity index (χ0n) is 46.0. The van der Waals surface area contributed by atoms with Crippen molar-refractivity contribution >= 4 is 25.7 Å². The Morgan fingerprint density at radius 1 is 0.405 bits per heavy atom. The molecule has 0 aromatic rings. The van der Waals surface area contributed by atoms with Crippen LogP contribution in [0.2, 0.25) is 0 Å². The summed E-state index contributed by atoms with van der Waals surface area (Å²) in [7, 11) is -4.79. The first-order chi connectivity index (χ1) is 36.2. The number of carbonyl (C=O) groups excluding carboxylic acids is 3. The predicted molar refractivity (Wildman–Crippen MR) is 306 cm³/mol. The van der Waals surface area contributed by atoms with E-state index in [1.54, 1.807) is 6.08 Å². The Morgan fingerprint density at radius 2 is 0.757 bits per heavy atom. The molecular weight excluding hydrogens is 952 g/mol. The van der Waals surface area contributed by atoms with Crippen LogP contribution in [0.4, 0.5) is 0 Å². The standard InChI is InChI=1S/C62H99O11P/c1-4-7-10-13-16-19-22-25-27-28-29-30-32-34-36-39-42-45-48-51-60(64)69-55-59(73-62(66)53-50-47-44-41-38-35-31-26-23-20-17-14-11-8-5-2)57-71-74(67,68)70-56-58(54-63)72-61(65)52-49-46-43-40-37-33-24-21-18-15-12-9-6-3/h7-8,10-11,16-17,19-21,24-27,29-31,34,36,38,41,47,50,58-59,63H,4-6,9,12-15,18,22-23,28,32-33,35,37,39-40,42-46,48-49,51-57H2,1-3H3,(H,67,68)/b10-7-,11-8-,19-16-,20-17-,24-21-,27-25-,30-29-,31-26-,36-34-,41-38-,50-47-. The van der Waals surface area contributed by atoms with E-state index in [4.69, 9.17) is 23.3 Å². The van der Waals surface area contributed by atoms with E-state index in [-0.39, 0.29) is 19.3 Å². The number of aliphatic hydroxyl groups excluding tert-OH is 1. The largest absolute Gasteiger partial charge is 0.472 e. The number of esters is 3.